The van der Waals surface area contributed by atoms with E-state index in [1.54, 1.807) is 12.2 Å². The van der Waals surface area contributed by atoms with E-state index >= 15 is 0 Å². The highest BCUT2D eigenvalue weighted by atomic mass is 79.9. The van der Waals surface area contributed by atoms with Gasteiger partial charge in [-0.15, -0.1) is 13.2 Å². The van der Waals surface area contributed by atoms with Gasteiger partial charge in [-0.2, -0.15) is 0 Å². The SMILES string of the molecule is C=CCCC(=O)NC[C@H](OC(=O)[C@H]1[C@@H]2O[C@@]3(CC2Br)[C@@H]1C(=O)N([C@@H](CO)C(C)C)[C@@H]3C(=O)N(CC=C)C1CCCCC1)c1ccccc1. The smallest absolute Gasteiger partial charge is 0.313 e. The van der Waals surface area contributed by atoms with Crippen LogP contribution >= 0.6 is 15.9 Å². The van der Waals surface area contributed by atoms with Crippen LogP contribution in [0.1, 0.15) is 76.9 Å². The van der Waals surface area contributed by atoms with Crippen molar-refractivity contribution in [2.45, 2.75) is 106 Å². The summed E-state index contributed by atoms with van der Waals surface area (Å²) in [5.41, 5.74) is -0.585. The van der Waals surface area contributed by atoms with Crippen molar-refractivity contribution in [2.75, 3.05) is 19.7 Å². The Kier molecular flexibility index (Phi) is 11.8. The van der Waals surface area contributed by atoms with Gasteiger partial charge in [0.2, 0.25) is 17.7 Å². The molecule has 3 amide bonds. The first-order valence-electron chi connectivity index (χ1n) is 17.4. The lowest BCUT2D eigenvalue weighted by Crippen LogP contribution is -2.61. The summed E-state index contributed by atoms with van der Waals surface area (Å²) in [7, 11) is 0. The minimum atomic E-state index is -1.28. The minimum Gasteiger partial charge on any atom is -0.455 e. The van der Waals surface area contributed by atoms with Gasteiger partial charge in [-0.1, -0.05) is 91.5 Å². The number of hydrogen-bond acceptors (Lipinski definition) is 7. The quantitative estimate of drug-likeness (QED) is 0.155. The fraction of sp³-hybridized carbons (Fsp3) is 0.622. The average molecular weight is 729 g/mol. The van der Waals surface area contributed by atoms with E-state index in [0.29, 0.717) is 24.9 Å². The third-order valence-electron chi connectivity index (χ3n) is 10.7. The molecule has 11 heteroatoms. The zero-order valence-corrected chi connectivity index (χ0v) is 29.7. The molecule has 1 saturated carbocycles. The third kappa shape index (κ3) is 6.87. The molecule has 0 radical (unpaired) electrons. The highest BCUT2D eigenvalue weighted by Crippen LogP contribution is 2.61. The molecule has 1 unspecified atom stereocenters. The van der Waals surface area contributed by atoms with Gasteiger partial charge < -0.3 is 29.7 Å². The van der Waals surface area contributed by atoms with Crippen LogP contribution in [-0.2, 0) is 28.7 Å². The van der Waals surface area contributed by atoms with Crippen LogP contribution in [0, 0.1) is 17.8 Å². The minimum absolute atomic E-state index is 0.00994. The first-order chi connectivity index (χ1) is 23.1. The summed E-state index contributed by atoms with van der Waals surface area (Å²) in [6.45, 7) is 11.5. The number of esters is 1. The second-order valence-electron chi connectivity index (χ2n) is 13.9. The number of halogens is 1. The Morgan fingerprint density at radius 3 is 2.50 bits per heavy atom. The Bertz CT molecular complexity index is 1350. The lowest BCUT2D eigenvalue weighted by Gasteiger charge is -2.43. The number of aliphatic hydroxyl groups is 1. The van der Waals surface area contributed by atoms with Crippen LogP contribution in [0.3, 0.4) is 0 Å². The molecule has 2 bridgehead atoms. The number of hydrogen-bond donors (Lipinski definition) is 2. The summed E-state index contributed by atoms with van der Waals surface area (Å²) in [5.74, 6) is -3.54. The molecule has 48 heavy (non-hydrogen) atoms. The number of likely N-dealkylation sites (tertiary alicyclic amines) is 1. The van der Waals surface area contributed by atoms with Gasteiger partial charge in [-0.3, -0.25) is 19.2 Å². The molecule has 1 aromatic carbocycles. The number of allylic oxidation sites excluding steroid dienone is 1. The predicted molar refractivity (Wildman–Crippen MR) is 185 cm³/mol. The van der Waals surface area contributed by atoms with E-state index in [0.717, 1.165) is 32.1 Å². The number of aliphatic hydroxyl groups excluding tert-OH is 1. The number of alkyl halides is 1. The topological polar surface area (TPSA) is 125 Å². The van der Waals surface area contributed by atoms with Crippen LogP contribution in [0.5, 0.6) is 0 Å². The molecule has 5 rings (SSSR count). The van der Waals surface area contributed by atoms with Gasteiger partial charge in [0.25, 0.3) is 0 Å². The maximum Gasteiger partial charge on any atom is 0.313 e. The number of carbonyl (C=O) groups is 4. The molecule has 3 heterocycles. The monoisotopic (exact) mass is 727 g/mol. The zero-order chi connectivity index (χ0) is 34.6. The molecule has 8 atom stereocenters. The summed E-state index contributed by atoms with van der Waals surface area (Å²) in [6.07, 6.45) is 7.92. The van der Waals surface area contributed by atoms with Gasteiger partial charge in [-0.05, 0) is 37.2 Å². The molecule has 262 valence electrons. The van der Waals surface area contributed by atoms with Crippen molar-refractivity contribution >= 4 is 39.6 Å². The van der Waals surface area contributed by atoms with E-state index in [-0.39, 0.29) is 54.1 Å². The molecule has 0 aromatic heterocycles. The highest BCUT2D eigenvalue weighted by Gasteiger charge is 2.77. The van der Waals surface area contributed by atoms with Crippen molar-refractivity contribution in [1.82, 2.24) is 15.1 Å². The lowest BCUT2D eigenvalue weighted by atomic mass is 9.70. The Balaban J connectivity index is 1.49. The van der Waals surface area contributed by atoms with Gasteiger partial charge >= 0.3 is 5.97 Å². The summed E-state index contributed by atoms with van der Waals surface area (Å²) < 4.78 is 12.9. The van der Waals surface area contributed by atoms with E-state index in [4.69, 9.17) is 9.47 Å². The normalized spacial score (nSPS) is 29.3. The molecule has 1 spiro atoms. The number of rotatable bonds is 15. The van der Waals surface area contributed by atoms with Crippen molar-refractivity contribution in [1.29, 1.82) is 0 Å². The molecule has 3 saturated heterocycles. The van der Waals surface area contributed by atoms with Crippen molar-refractivity contribution in [3.05, 3.63) is 61.2 Å². The largest absolute Gasteiger partial charge is 0.455 e. The van der Waals surface area contributed by atoms with Gasteiger partial charge in [-0.25, -0.2) is 0 Å². The van der Waals surface area contributed by atoms with Crippen LogP contribution < -0.4 is 5.32 Å². The average Bonchev–Trinajstić information content (AvgIpc) is 3.68. The van der Waals surface area contributed by atoms with E-state index in [9.17, 15) is 24.3 Å². The third-order valence-corrected chi connectivity index (χ3v) is 11.5. The van der Waals surface area contributed by atoms with Crippen LogP contribution in [0.4, 0.5) is 0 Å². The maximum absolute atomic E-state index is 14.9. The van der Waals surface area contributed by atoms with Gasteiger partial charge in [0, 0.05) is 23.8 Å². The van der Waals surface area contributed by atoms with Crippen molar-refractivity contribution < 1.29 is 33.8 Å². The number of nitrogens with zero attached hydrogens (tertiary/aromatic N) is 2. The first-order valence-corrected chi connectivity index (χ1v) is 18.3. The highest BCUT2D eigenvalue weighted by molar-refractivity contribution is 9.09. The van der Waals surface area contributed by atoms with Gasteiger partial charge in [0.1, 0.15) is 17.7 Å². The molecule has 1 aromatic rings. The molecule has 4 aliphatic rings. The second-order valence-corrected chi connectivity index (χ2v) is 15.1. The number of ether oxygens (including phenoxy) is 2. The number of benzene rings is 1. The number of fused-ring (bicyclic) bond motifs is 1. The van der Waals surface area contributed by atoms with Crippen molar-refractivity contribution in [3.8, 4) is 0 Å². The summed E-state index contributed by atoms with van der Waals surface area (Å²) in [5, 5.41) is 13.5. The summed E-state index contributed by atoms with van der Waals surface area (Å²) in [6, 6.07) is 7.50. The molecule has 3 aliphatic heterocycles. The molecule has 10 nitrogen and oxygen atoms in total. The Morgan fingerprint density at radius 2 is 1.88 bits per heavy atom. The molecule has 4 fully saturated rings. The zero-order valence-electron chi connectivity index (χ0n) is 28.1. The number of nitrogens with one attached hydrogen (secondary N) is 1. The standard InChI is InChI=1S/C37H50BrN3O7/c1-5-7-18-29(43)39-21-28(24-14-10-8-11-15-24)47-36(46)30-31-34(44)41(27(22-42)23(3)4)33(37(31)20-26(38)32(30)48-37)35(45)40(19-6-2)25-16-12-9-13-17-25/h5-6,8,10-11,14-15,23,25-28,30-33,42H,1-2,7,9,12-13,16-22H2,3-4H3,(H,39,43)/t26?,27-,28-,30+,31-,32+,33+,37-/m0/s1. The van der Waals surface area contributed by atoms with Crippen LogP contribution in [-0.4, -0.2) is 93.0 Å². The van der Waals surface area contributed by atoms with E-state index in [1.807, 2.05) is 49.1 Å². The van der Waals surface area contributed by atoms with Crippen LogP contribution in [0.25, 0.3) is 0 Å². The fourth-order valence-electron chi connectivity index (χ4n) is 8.34. The van der Waals surface area contributed by atoms with Crippen LogP contribution in [0.15, 0.2) is 55.6 Å². The molecule has 2 N–H and O–H groups in total. The van der Waals surface area contributed by atoms with Crippen molar-refractivity contribution in [2.24, 2.45) is 17.8 Å². The second kappa shape index (κ2) is 15.7. The molecule has 1 aliphatic carbocycles. The first kappa shape index (κ1) is 36.3. The summed E-state index contributed by atoms with van der Waals surface area (Å²) >= 11 is 3.75. The van der Waals surface area contributed by atoms with E-state index in [2.05, 4.69) is 34.4 Å². The number of amides is 3. The Labute approximate surface area is 292 Å². The Morgan fingerprint density at radius 1 is 1.17 bits per heavy atom. The van der Waals surface area contributed by atoms with Crippen molar-refractivity contribution in [3.63, 3.8) is 0 Å². The van der Waals surface area contributed by atoms with Gasteiger partial charge in [0.05, 0.1) is 37.1 Å². The maximum atomic E-state index is 14.9. The predicted octanol–water partition coefficient (Wildman–Crippen LogP) is 4.47. The molecular weight excluding hydrogens is 678 g/mol. The fourth-order valence-corrected chi connectivity index (χ4v) is 9.29. The van der Waals surface area contributed by atoms with E-state index in [1.165, 1.54) is 4.90 Å². The number of carbonyl (C=O) groups excluding carboxylic acids is 4. The lowest BCUT2D eigenvalue weighted by molar-refractivity contribution is -0.161. The summed E-state index contributed by atoms with van der Waals surface area (Å²) in [4.78, 5) is 59.4. The van der Waals surface area contributed by atoms with E-state index < -0.39 is 47.7 Å². The van der Waals surface area contributed by atoms with Crippen LogP contribution in [0.2, 0.25) is 0 Å². The van der Waals surface area contributed by atoms with Gasteiger partial charge in [0.15, 0.2) is 0 Å². The molecular formula is C37H50BrN3O7. The Hall–Kier alpha value is -3.02.